The van der Waals surface area contributed by atoms with Gasteiger partial charge in [0.05, 0.1) is 17.1 Å². The summed E-state index contributed by atoms with van der Waals surface area (Å²) >= 11 is 0. The second-order valence-electron chi connectivity index (χ2n) is 7.75. The number of hydrogen-bond donors (Lipinski definition) is 1. The quantitative estimate of drug-likeness (QED) is 0.376. The number of hydrogen-bond acceptors (Lipinski definition) is 4. The van der Waals surface area contributed by atoms with Crippen molar-refractivity contribution in [3.8, 4) is 5.75 Å². The molecule has 6 nitrogen and oxygen atoms in total. The number of guanidine groups is 1. The Morgan fingerprint density at radius 1 is 1.30 bits per heavy atom. The minimum absolute atomic E-state index is 0. The van der Waals surface area contributed by atoms with Crippen molar-refractivity contribution in [2.75, 3.05) is 32.5 Å². The topological polar surface area (TPSA) is 71.0 Å². The Balaban J connectivity index is 0.00000364. The largest absolute Gasteiger partial charge is 0.493 e. The van der Waals surface area contributed by atoms with Crippen LogP contribution in [0, 0.1) is 5.92 Å². The molecule has 0 radical (unpaired) electrons. The van der Waals surface area contributed by atoms with Crippen molar-refractivity contribution >= 4 is 39.8 Å². The highest BCUT2D eigenvalue weighted by atomic mass is 127. The molecule has 154 valence electrons. The van der Waals surface area contributed by atoms with Gasteiger partial charge in [0, 0.05) is 26.7 Å². The van der Waals surface area contributed by atoms with Crippen LogP contribution in [-0.2, 0) is 16.4 Å². The molecule has 0 atom stereocenters. The van der Waals surface area contributed by atoms with E-state index in [9.17, 15) is 8.42 Å². The monoisotopic (exact) mass is 509 g/mol. The first-order valence-electron chi connectivity index (χ1n) is 9.04. The van der Waals surface area contributed by atoms with Gasteiger partial charge in [0.25, 0.3) is 0 Å². The van der Waals surface area contributed by atoms with E-state index in [0.29, 0.717) is 32.2 Å². The summed E-state index contributed by atoms with van der Waals surface area (Å²) in [6.07, 6.45) is 0. The highest BCUT2D eigenvalue weighted by Gasteiger charge is 2.40. The molecule has 1 aliphatic rings. The number of nitrogens with one attached hydrogen (secondary N) is 1. The minimum Gasteiger partial charge on any atom is -0.493 e. The lowest BCUT2D eigenvalue weighted by molar-refractivity contribution is 0.271. The highest BCUT2D eigenvalue weighted by Crippen LogP contribution is 2.23. The predicted molar refractivity (Wildman–Crippen MR) is 122 cm³/mol. The van der Waals surface area contributed by atoms with Crippen LogP contribution < -0.4 is 10.1 Å². The smallest absolute Gasteiger partial charge is 0.193 e. The predicted octanol–water partition coefficient (Wildman–Crippen LogP) is 2.92. The van der Waals surface area contributed by atoms with E-state index in [1.165, 1.54) is 0 Å². The lowest BCUT2D eigenvalue weighted by Gasteiger charge is -2.39. The summed E-state index contributed by atoms with van der Waals surface area (Å²) in [5.41, 5.74) is 1.12. The van der Waals surface area contributed by atoms with Crippen molar-refractivity contribution in [1.82, 2.24) is 10.2 Å². The van der Waals surface area contributed by atoms with E-state index in [0.717, 1.165) is 17.3 Å². The summed E-state index contributed by atoms with van der Waals surface area (Å²) in [5, 5.41) is 3.33. The number of halogens is 1. The first-order valence-corrected chi connectivity index (χ1v) is 10.7. The number of nitrogens with zero attached hydrogens (tertiary/aromatic N) is 2. The van der Waals surface area contributed by atoms with Gasteiger partial charge in [0.15, 0.2) is 15.8 Å². The molecule has 1 aromatic rings. The average Bonchev–Trinajstić information content (AvgIpc) is 2.57. The van der Waals surface area contributed by atoms with Gasteiger partial charge in [-0.15, -0.1) is 24.0 Å². The zero-order valence-corrected chi connectivity index (χ0v) is 20.0. The molecule has 0 saturated carbocycles. The Bertz CT molecular complexity index is 731. The van der Waals surface area contributed by atoms with E-state index in [-0.39, 0.29) is 29.7 Å². The van der Waals surface area contributed by atoms with Crippen molar-refractivity contribution < 1.29 is 13.2 Å². The van der Waals surface area contributed by atoms with E-state index < -0.39 is 14.6 Å². The molecular formula is C19H32IN3O3S. The zero-order valence-electron chi connectivity index (χ0n) is 16.9. The van der Waals surface area contributed by atoms with Crippen LogP contribution in [0.2, 0.25) is 0 Å². The third kappa shape index (κ3) is 6.51. The molecule has 0 amide bonds. The van der Waals surface area contributed by atoms with E-state index in [1.807, 2.05) is 29.2 Å². The van der Waals surface area contributed by atoms with Crippen LogP contribution in [0.25, 0.3) is 0 Å². The van der Waals surface area contributed by atoms with E-state index >= 15 is 0 Å². The molecule has 2 rings (SSSR count). The van der Waals surface area contributed by atoms with Gasteiger partial charge in [-0.1, -0.05) is 26.0 Å². The third-order valence-electron chi connectivity index (χ3n) is 4.51. The molecule has 1 heterocycles. The van der Waals surface area contributed by atoms with Crippen molar-refractivity contribution in [3.05, 3.63) is 29.8 Å². The van der Waals surface area contributed by atoms with Gasteiger partial charge in [-0.2, -0.15) is 0 Å². The molecule has 0 aliphatic carbocycles. The summed E-state index contributed by atoms with van der Waals surface area (Å²) in [6, 6.07) is 8.00. The van der Waals surface area contributed by atoms with E-state index in [1.54, 1.807) is 20.9 Å². The molecule has 8 heteroatoms. The molecule has 0 spiro atoms. The van der Waals surface area contributed by atoms with Gasteiger partial charge >= 0.3 is 0 Å². The van der Waals surface area contributed by atoms with E-state index in [4.69, 9.17) is 4.74 Å². The van der Waals surface area contributed by atoms with Gasteiger partial charge in [-0.3, -0.25) is 4.99 Å². The van der Waals surface area contributed by atoms with Crippen molar-refractivity contribution in [2.45, 2.75) is 39.0 Å². The number of sulfone groups is 1. The third-order valence-corrected chi connectivity index (χ3v) is 7.05. The van der Waals surface area contributed by atoms with Gasteiger partial charge in [0.2, 0.25) is 0 Å². The van der Waals surface area contributed by atoms with Gasteiger partial charge in [-0.05, 0) is 37.5 Å². The number of benzene rings is 1. The van der Waals surface area contributed by atoms with Crippen LogP contribution in [0.3, 0.4) is 0 Å². The molecular weight excluding hydrogens is 477 g/mol. The summed E-state index contributed by atoms with van der Waals surface area (Å²) in [7, 11) is -1.33. The Kier molecular flexibility index (Phi) is 8.85. The molecule has 1 saturated heterocycles. The van der Waals surface area contributed by atoms with Crippen LogP contribution in [0.1, 0.15) is 33.3 Å². The first-order chi connectivity index (χ1) is 12.1. The van der Waals surface area contributed by atoms with E-state index in [2.05, 4.69) is 24.2 Å². The molecule has 1 aromatic carbocycles. The maximum atomic E-state index is 12.2. The molecule has 0 unspecified atom stereocenters. The fraction of sp³-hybridized carbons (Fsp3) is 0.632. The Morgan fingerprint density at radius 2 is 1.93 bits per heavy atom. The summed E-state index contributed by atoms with van der Waals surface area (Å²) in [6.45, 7) is 10.0. The molecule has 1 fully saturated rings. The van der Waals surface area contributed by atoms with Crippen molar-refractivity contribution in [1.29, 1.82) is 0 Å². The van der Waals surface area contributed by atoms with Gasteiger partial charge < -0.3 is 15.0 Å². The van der Waals surface area contributed by atoms with Crippen molar-refractivity contribution in [2.24, 2.45) is 10.9 Å². The molecule has 0 aromatic heterocycles. The SMILES string of the molecule is CN=C(NCc1ccc(OCC(C)C)cc1)N1CCS(=O)(=O)C(C)(C)C1.I. The molecule has 1 N–H and O–H groups in total. The maximum Gasteiger partial charge on any atom is 0.193 e. The van der Waals surface area contributed by atoms with Crippen LogP contribution in [0.4, 0.5) is 0 Å². The number of rotatable bonds is 5. The maximum absolute atomic E-state index is 12.2. The first kappa shape index (κ1) is 24.0. The van der Waals surface area contributed by atoms with Crippen LogP contribution in [0.15, 0.2) is 29.3 Å². The summed E-state index contributed by atoms with van der Waals surface area (Å²) in [5.74, 6) is 2.25. The number of ether oxygens (including phenoxy) is 1. The second kappa shape index (κ2) is 9.95. The summed E-state index contributed by atoms with van der Waals surface area (Å²) in [4.78, 5) is 6.33. The van der Waals surface area contributed by atoms with Crippen LogP contribution in [-0.4, -0.2) is 56.5 Å². The van der Waals surface area contributed by atoms with Crippen LogP contribution >= 0.6 is 24.0 Å². The Labute approximate surface area is 180 Å². The fourth-order valence-electron chi connectivity index (χ4n) is 2.80. The summed E-state index contributed by atoms with van der Waals surface area (Å²) < 4.78 is 29.3. The normalized spacial score (nSPS) is 18.7. The van der Waals surface area contributed by atoms with Gasteiger partial charge in [-0.25, -0.2) is 8.42 Å². The zero-order chi connectivity index (χ0) is 19.4. The second-order valence-corrected chi connectivity index (χ2v) is 10.5. The van der Waals surface area contributed by atoms with Gasteiger partial charge in [0.1, 0.15) is 5.75 Å². The van der Waals surface area contributed by atoms with Crippen LogP contribution in [0.5, 0.6) is 5.75 Å². The minimum atomic E-state index is -3.06. The lowest BCUT2D eigenvalue weighted by atomic mass is 10.2. The molecule has 27 heavy (non-hydrogen) atoms. The molecule has 1 aliphatic heterocycles. The highest BCUT2D eigenvalue weighted by molar-refractivity contribution is 14.0. The molecule has 0 bridgehead atoms. The number of aliphatic imine (C=N–C) groups is 1. The fourth-order valence-corrected chi connectivity index (χ4v) is 4.17. The standard InChI is InChI=1S/C19H31N3O3S.HI/c1-15(2)13-25-17-8-6-16(7-9-17)12-21-18(20-5)22-10-11-26(23,24)19(3,4)14-22;/h6-9,15H,10-14H2,1-5H3,(H,20,21);1H. The Hall–Kier alpha value is -1.03. The average molecular weight is 509 g/mol. The lowest BCUT2D eigenvalue weighted by Crippen LogP contribution is -2.57. The van der Waals surface area contributed by atoms with Crippen molar-refractivity contribution in [3.63, 3.8) is 0 Å². The Morgan fingerprint density at radius 3 is 2.44 bits per heavy atom.